The van der Waals surface area contributed by atoms with Gasteiger partial charge in [-0.15, -0.1) is 22.0 Å². The molecule has 1 aromatic heterocycles. The zero-order valence-electron chi connectivity index (χ0n) is 15.0. The van der Waals surface area contributed by atoms with Gasteiger partial charge in [-0.3, -0.25) is 4.57 Å². The lowest BCUT2D eigenvalue weighted by atomic mass is 10.2. The summed E-state index contributed by atoms with van der Waals surface area (Å²) in [4.78, 5) is 1.22. The Labute approximate surface area is 178 Å². The average molecular weight is 424 g/mol. The van der Waals surface area contributed by atoms with Gasteiger partial charge in [0.15, 0.2) is 5.16 Å². The fourth-order valence-corrected chi connectivity index (χ4v) is 4.60. The lowest BCUT2D eigenvalue weighted by Gasteiger charge is -2.10. The van der Waals surface area contributed by atoms with Gasteiger partial charge in [-0.2, -0.15) is 0 Å². The molecule has 3 aromatic carbocycles. The van der Waals surface area contributed by atoms with Gasteiger partial charge in [0.25, 0.3) is 0 Å². The molecule has 0 amide bonds. The molecule has 0 atom stereocenters. The highest BCUT2D eigenvalue weighted by Gasteiger charge is 2.15. The van der Waals surface area contributed by atoms with Crippen molar-refractivity contribution in [2.75, 3.05) is 0 Å². The second kappa shape index (κ2) is 9.32. The van der Waals surface area contributed by atoms with Crippen LogP contribution in [-0.2, 0) is 11.5 Å². The first-order valence-electron chi connectivity index (χ1n) is 8.84. The Kier molecular flexibility index (Phi) is 6.37. The van der Waals surface area contributed by atoms with E-state index in [2.05, 4.69) is 51.2 Å². The first-order valence-corrected chi connectivity index (χ1v) is 11.2. The molecule has 0 saturated carbocycles. The highest BCUT2D eigenvalue weighted by atomic mass is 35.5. The van der Waals surface area contributed by atoms with E-state index in [1.807, 2.05) is 48.5 Å². The molecule has 0 aliphatic rings. The van der Waals surface area contributed by atoms with Crippen molar-refractivity contribution in [1.82, 2.24) is 14.8 Å². The molecule has 0 aliphatic carbocycles. The quantitative estimate of drug-likeness (QED) is 0.317. The minimum Gasteiger partial charge on any atom is -0.273 e. The van der Waals surface area contributed by atoms with Crippen LogP contribution in [0.1, 0.15) is 11.4 Å². The highest BCUT2D eigenvalue weighted by molar-refractivity contribution is 7.98. The normalized spacial score (nSPS) is 10.9. The van der Waals surface area contributed by atoms with E-state index in [-0.39, 0.29) is 0 Å². The van der Waals surface area contributed by atoms with Gasteiger partial charge in [-0.05, 0) is 42.0 Å². The Bertz CT molecular complexity index is 1020. The van der Waals surface area contributed by atoms with E-state index < -0.39 is 0 Å². The van der Waals surface area contributed by atoms with Gasteiger partial charge in [0, 0.05) is 21.4 Å². The van der Waals surface area contributed by atoms with Gasteiger partial charge in [0.1, 0.15) is 5.82 Å². The van der Waals surface area contributed by atoms with Gasteiger partial charge in [0.2, 0.25) is 0 Å². The predicted molar refractivity (Wildman–Crippen MR) is 118 cm³/mol. The number of aromatic nitrogens is 3. The lowest BCUT2D eigenvalue weighted by Crippen LogP contribution is -2.01. The minimum atomic E-state index is 0.751. The van der Waals surface area contributed by atoms with Crippen LogP contribution in [0.15, 0.2) is 95.0 Å². The van der Waals surface area contributed by atoms with Crippen molar-refractivity contribution in [3.05, 3.63) is 101 Å². The van der Waals surface area contributed by atoms with Crippen molar-refractivity contribution in [3.8, 4) is 5.69 Å². The molecule has 28 heavy (non-hydrogen) atoms. The molecule has 0 unspecified atom stereocenters. The van der Waals surface area contributed by atoms with Crippen LogP contribution >= 0.6 is 35.1 Å². The van der Waals surface area contributed by atoms with Gasteiger partial charge in [-0.1, -0.05) is 71.9 Å². The van der Waals surface area contributed by atoms with E-state index in [1.165, 1.54) is 10.5 Å². The van der Waals surface area contributed by atoms with E-state index in [9.17, 15) is 0 Å². The fraction of sp³-hybridized carbons (Fsp3) is 0.0909. The molecule has 0 fully saturated rings. The van der Waals surface area contributed by atoms with Crippen molar-refractivity contribution >= 4 is 35.1 Å². The van der Waals surface area contributed by atoms with Crippen LogP contribution in [-0.4, -0.2) is 14.8 Å². The Morgan fingerprint density at radius 1 is 0.714 bits per heavy atom. The van der Waals surface area contributed by atoms with Gasteiger partial charge in [0.05, 0.1) is 5.75 Å². The third kappa shape index (κ3) is 4.79. The maximum absolute atomic E-state index is 5.99. The highest BCUT2D eigenvalue weighted by Crippen LogP contribution is 2.29. The van der Waals surface area contributed by atoms with Crippen LogP contribution in [0.2, 0.25) is 5.02 Å². The van der Waals surface area contributed by atoms with E-state index in [1.54, 1.807) is 23.5 Å². The summed E-state index contributed by atoms with van der Waals surface area (Å²) in [5, 5.41) is 10.6. The third-order valence-electron chi connectivity index (χ3n) is 4.11. The number of nitrogens with zero attached hydrogens (tertiary/aromatic N) is 3. The van der Waals surface area contributed by atoms with Crippen LogP contribution in [0.5, 0.6) is 0 Å². The monoisotopic (exact) mass is 423 g/mol. The van der Waals surface area contributed by atoms with Crippen LogP contribution in [0, 0.1) is 0 Å². The number of halogens is 1. The molecule has 0 N–H and O–H groups in total. The first kappa shape index (κ1) is 19.1. The van der Waals surface area contributed by atoms with E-state index >= 15 is 0 Å². The summed E-state index contributed by atoms with van der Waals surface area (Å²) in [7, 11) is 0. The molecule has 0 aliphatic heterocycles. The molecule has 0 saturated heterocycles. The average Bonchev–Trinajstić information content (AvgIpc) is 3.16. The van der Waals surface area contributed by atoms with Crippen molar-refractivity contribution in [1.29, 1.82) is 0 Å². The number of rotatable bonds is 7. The zero-order valence-corrected chi connectivity index (χ0v) is 17.4. The Balaban J connectivity index is 1.57. The minimum absolute atomic E-state index is 0.751. The predicted octanol–water partition coefficient (Wildman–Crippen LogP) is 6.51. The van der Waals surface area contributed by atoms with Crippen molar-refractivity contribution in [2.24, 2.45) is 0 Å². The molecular weight excluding hydrogens is 406 g/mol. The maximum atomic E-state index is 5.99. The van der Waals surface area contributed by atoms with Crippen molar-refractivity contribution < 1.29 is 0 Å². The van der Waals surface area contributed by atoms with Crippen molar-refractivity contribution in [3.63, 3.8) is 0 Å². The Morgan fingerprint density at radius 2 is 1.39 bits per heavy atom. The SMILES string of the molecule is Clc1ccc(CSc2nnc(CSc3ccccc3)n2-c2ccccc2)cc1. The summed E-state index contributed by atoms with van der Waals surface area (Å²) in [6, 6.07) is 28.6. The summed E-state index contributed by atoms with van der Waals surface area (Å²) in [6.07, 6.45) is 0. The van der Waals surface area contributed by atoms with E-state index in [4.69, 9.17) is 11.6 Å². The molecule has 4 rings (SSSR count). The van der Waals surface area contributed by atoms with Gasteiger partial charge < -0.3 is 0 Å². The fourth-order valence-electron chi connectivity index (χ4n) is 2.72. The van der Waals surface area contributed by atoms with Crippen LogP contribution < -0.4 is 0 Å². The molecule has 140 valence electrons. The molecule has 0 bridgehead atoms. The first-order chi connectivity index (χ1) is 13.8. The lowest BCUT2D eigenvalue weighted by molar-refractivity contribution is 0.864. The summed E-state index contributed by atoms with van der Waals surface area (Å²) < 4.78 is 2.15. The number of benzene rings is 3. The third-order valence-corrected chi connectivity index (χ3v) is 6.37. The second-order valence-corrected chi connectivity index (χ2v) is 8.51. The maximum Gasteiger partial charge on any atom is 0.196 e. The van der Waals surface area contributed by atoms with Gasteiger partial charge in [-0.25, -0.2) is 0 Å². The summed E-state index contributed by atoms with van der Waals surface area (Å²) in [5.41, 5.74) is 2.28. The Morgan fingerprint density at radius 3 is 2.11 bits per heavy atom. The molecule has 3 nitrogen and oxygen atoms in total. The smallest absolute Gasteiger partial charge is 0.196 e. The second-order valence-electron chi connectivity index (χ2n) is 6.09. The van der Waals surface area contributed by atoms with Crippen LogP contribution in [0.3, 0.4) is 0 Å². The number of thioether (sulfide) groups is 2. The molecular formula is C22H18ClN3S2. The molecule has 0 spiro atoms. The molecule has 4 aromatic rings. The van der Waals surface area contributed by atoms with Crippen molar-refractivity contribution in [2.45, 2.75) is 21.6 Å². The molecule has 6 heteroatoms. The Hall–Kier alpha value is -2.21. The topological polar surface area (TPSA) is 30.7 Å². The molecule has 1 heterocycles. The van der Waals surface area contributed by atoms with Crippen LogP contribution in [0.4, 0.5) is 0 Å². The zero-order chi connectivity index (χ0) is 19.2. The summed E-state index contributed by atoms with van der Waals surface area (Å²) in [6.45, 7) is 0. The molecule has 0 radical (unpaired) electrons. The standard InChI is InChI=1S/C22H18ClN3S2/c23-18-13-11-17(12-14-18)15-28-22-25-24-21(16-27-20-9-5-2-6-10-20)26(22)19-7-3-1-4-8-19/h1-14H,15-16H2. The summed E-state index contributed by atoms with van der Waals surface area (Å²) in [5.74, 6) is 2.51. The van der Waals surface area contributed by atoms with E-state index in [0.29, 0.717) is 0 Å². The summed E-state index contributed by atoms with van der Waals surface area (Å²) >= 11 is 9.43. The van der Waals surface area contributed by atoms with Gasteiger partial charge >= 0.3 is 0 Å². The number of hydrogen-bond donors (Lipinski definition) is 0. The number of hydrogen-bond acceptors (Lipinski definition) is 4. The van der Waals surface area contributed by atoms with E-state index in [0.717, 1.165) is 33.2 Å². The largest absolute Gasteiger partial charge is 0.273 e. The van der Waals surface area contributed by atoms with Crippen LogP contribution in [0.25, 0.3) is 5.69 Å². The number of para-hydroxylation sites is 1.